The van der Waals surface area contributed by atoms with E-state index in [1.54, 1.807) is 0 Å². The van der Waals surface area contributed by atoms with Crippen LogP contribution in [0.25, 0.3) is 0 Å². The summed E-state index contributed by atoms with van der Waals surface area (Å²) in [4.78, 5) is 34.8. The molecule has 33 heavy (non-hydrogen) atoms. The van der Waals surface area contributed by atoms with Gasteiger partial charge in [0, 0.05) is 6.42 Å². The van der Waals surface area contributed by atoms with Crippen LogP contribution in [-0.4, -0.2) is 60.5 Å². The van der Waals surface area contributed by atoms with E-state index in [-0.39, 0.29) is 31.9 Å². The third-order valence-corrected chi connectivity index (χ3v) is 5.43. The molecule has 0 saturated carbocycles. The third-order valence-electron chi connectivity index (χ3n) is 5.43. The molecule has 8 nitrogen and oxygen atoms in total. The van der Waals surface area contributed by atoms with Gasteiger partial charge in [0.05, 0.1) is 32.6 Å². The van der Waals surface area contributed by atoms with E-state index in [2.05, 4.69) is 12.2 Å². The first-order chi connectivity index (χ1) is 16.0. The zero-order chi connectivity index (χ0) is 24.6. The van der Waals surface area contributed by atoms with Crippen LogP contribution in [0.1, 0.15) is 110 Å². The van der Waals surface area contributed by atoms with Crippen LogP contribution in [0.4, 0.5) is 0 Å². The molecule has 194 valence electrons. The number of esters is 2. The fourth-order valence-electron chi connectivity index (χ4n) is 3.40. The average Bonchev–Trinajstić information content (AvgIpc) is 2.81. The second-order valence-corrected chi connectivity index (χ2v) is 8.54. The standard InChI is InChI=1S/C25H47NO7/c1-2-3-4-5-6-7-8-9-10-11-12-13-14-15-23(29)26-18-19-32-24(30)16-17-25(31)33-22(20-27)21-28/h22,27-28H,2-21H2,1H3,(H,26,29). The second-order valence-electron chi connectivity index (χ2n) is 8.54. The van der Waals surface area contributed by atoms with Crippen LogP contribution in [0.2, 0.25) is 0 Å². The molecule has 0 aromatic rings. The van der Waals surface area contributed by atoms with Crippen LogP contribution in [0.3, 0.4) is 0 Å². The fraction of sp³-hybridized carbons (Fsp3) is 0.880. The van der Waals surface area contributed by atoms with E-state index in [4.69, 9.17) is 19.7 Å². The Morgan fingerprint density at radius 2 is 1.18 bits per heavy atom. The molecule has 0 bridgehead atoms. The largest absolute Gasteiger partial charge is 0.464 e. The average molecular weight is 474 g/mol. The van der Waals surface area contributed by atoms with Crippen molar-refractivity contribution in [1.82, 2.24) is 5.32 Å². The monoisotopic (exact) mass is 473 g/mol. The Morgan fingerprint density at radius 1 is 0.697 bits per heavy atom. The van der Waals surface area contributed by atoms with Crippen molar-refractivity contribution >= 4 is 17.8 Å². The van der Waals surface area contributed by atoms with Gasteiger partial charge in [-0.2, -0.15) is 0 Å². The molecule has 8 heteroatoms. The Kier molecular flexibility index (Phi) is 22.3. The van der Waals surface area contributed by atoms with E-state index < -0.39 is 31.3 Å². The molecule has 0 spiro atoms. The number of carbonyl (C=O) groups is 3. The fourth-order valence-corrected chi connectivity index (χ4v) is 3.40. The number of rotatable bonds is 23. The van der Waals surface area contributed by atoms with Crippen molar-refractivity contribution in [1.29, 1.82) is 0 Å². The highest BCUT2D eigenvalue weighted by molar-refractivity contribution is 5.78. The molecule has 0 saturated heterocycles. The lowest BCUT2D eigenvalue weighted by Gasteiger charge is -2.12. The predicted molar refractivity (Wildman–Crippen MR) is 128 cm³/mol. The normalized spacial score (nSPS) is 10.9. The number of aliphatic hydroxyl groups excluding tert-OH is 2. The topological polar surface area (TPSA) is 122 Å². The lowest BCUT2D eigenvalue weighted by Crippen LogP contribution is -2.28. The quantitative estimate of drug-likeness (QED) is 0.152. The molecule has 1 amide bonds. The molecule has 0 heterocycles. The first kappa shape index (κ1) is 31.3. The Balaban J connectivity index is 3.44. The van der Waals surface area contributed by atoms with Gasteiger partial charge in [-0.25, -0.2) is 0 Å². The van der Waals surface area contributed by atoms with Crippen molar-refractivity contribution in [2.45, 2.75) is 116 Å². The highest BCUT2D eigenvalue weighted by Gasteiger charge is 2.14. The molecule has 0 aliphatic carbocycles. The summed E-state index contributed by atoms with van der Waals surface area (Å²) in [6.45, 7) is 1.58. The van der Waals surface area contributed by atoms with Gasteiger partial charge in [-0.05, 0) is 6.42 Å². The molecule has 0 fully saturated rings. The number of unbranched alkanes of at least 4 members (excludes halogenated alkanes) is 12. The molecule has 0 aromatic heterocycles. The van der Waals surface area contributed by atoms with E-state index in [1.165, 1.54) is 70.6 Å². The van der Waals surface area contributed by atoms with Crippen molar-refractivity contribution in [3.8, 4) is 0 Å². The summed E-state index contributed by atoms with van der Waals surface area (Å²) in [6, 6.07) is 0. The maximum Gasteiger partial charge on any atom is 0.306 e. The summed E-state index contributed by atoms with van der Waals surface area (Å²) in [5.41, 5.74) is 0. The minimum Gasteiger partial charge on any atom is -0.464 e. The summed E-state index contributed by atoms with van der Waals surface area (Å²) in [5.74, 6) is -1.30. The summed E-state index contributed by atoms with van der Waals surface area (Å²) in [5, 5.41) is 20.4. The van der Waals surface area contributed by atoms with Crippen LogP contribution in [0, 0.1) is 0 Å². The number of amides is 1. The van der Waals surface area contributed by atoms with Gasteiger partial charge in [0.2, 0.25) is 5.91 Å². The van der Waals surface area contributed by atoms with Gasteiger partial charge in [-0.15, -0.1) is 0 Å². The molecule has 0 radical (unpaired) electrons. The molecule has 3 N–H and O–H groups in total. The van der Waals surface area contributed by atoms with Crippen LogP contribution in [0.15, 0.2) is 0 Å². The Labute approximate surface area is 199 Å². The van der Waals surface area contributed by atoms with Crippen molar-refractivity contribution in [3.05, 3.63) is 0 Å². The van der Waals surface area contributed by atoms with Crippen LogP contribution in [0.5, 0.6) is 0 Å². The number of hydrogen-bond donors (Lipinski definition) is 3. The molecule has 0 rings (SSSR count). The van der Waals surface area contributed by atoms with Gasteiger partial charge in [0.15, 0.2) is 0 Å². The summed E-state index contributed by atoms with van der Waals surface area (Å²) in [7, 11) is 0. The van der Waals surface area contributed by atoms with E-state index in [1.807, 2.05) is 0 Å². The van der Waals surface area contributed by atoms with Crippen molar-refractivity contribution in [2.24, 2.45) is 0 Å². The number of carbonyl (C=O) groups excluding carboxylic acids is 3. The zero-order valence-electron chi connectivity index (χ0n) is 20.7. The van der Waals surface area contributed by atoms with Crippen LogP contribution < -0.4 is 5.32 Å². The molecule has 0 atom stereocenters. The zero-order valence-corrected chi connectivity index (χ0v) is 20.7. The van der Waals surface area contributed by atoms with E-state index in [9.17, 15) is 14.4 Å². The smallest absolute Gasteiger partial charge is 0.306 e. The van der Waals surface area contributed by atoms with Crippen molar-refractivity contribution in [2.75, 3.05) is 26.4 Å². The lowest BCUT2D eigenvalue weighted by atomic mass is 10.0. The molecule has 0 aliphatic heterocycles. The maximum absolute atomic E-state index is 11.8. The summed E-state index contributed by atoms with van der Waals surface area (Å²) >= 11 is 0. The minimum absolute atomic E-state index is 0.0447. The van der Waals surface area contributed by atoms with E-state index in [0.29, 0.717) is 6.42 Å². The van der Waals surface area contributed by atoms with Gasteiger partial charge in [-0.1, -0.05) is 84.0 Å². The molecule has 0 aromatic carbocycles. The Hall–Kier alpha value is -1.67. The van der Waals surface area contributed by atoms with Gasteiger partial charge in [0.1, 0.15) is 12.7 Å². The van der Waals surface area contributed by atoms with Gasteiger partial charge in [-0.3, -0.25) is 14.4 Å². The highest BCUT2D eigenvalue weighted by atomic mass is 16.6. The number of nitrogens with one attached hydrogen (secondary N) is 1. The number of hydrogen-bond acceptors (Lipinski definition) is 7. The van der Waals surface area contributed by atoms with Gasteiger partial charge in [0.25, 0.3) is 0 Å². The molecular weight excluding hydrogens is 426 g/mol. The van der Waals surface area contributed by atoms with Crippen molar-refractivity contribution in [3.63, 3.8) is 0 Å². The predicted octanol–water partition coefficient (Wildman–Crippen LogP) is 3.80. The molecular formula is C25H47NO7. The first-order valence-electron chi connectivity index (χ1n) is 12.9. The summed E-state index contributed by atoms with van der Waals surface area (Å²) in [6.07, 6.45) is 15.6. The molecule has 0 unspecified atom stereocenters. The lowest BCUT2D eigenvalue weighted by molar-refractivity contribution is -0.156. The van der Waals surface area contributed by atoms with E-state index in [0.717, 1.165) is 12.8 Å². The summed E-state index contributed by atoms with van der Waals surface area (Å²) < 4.78 is 9.71. The highest BCUT2D eigenvalue weighted by Crippen LogP contribution is 2.12. The van der Waals surface area contributed by atoms with Gasteiger partial charge >= 0.3 is 11.9 Å². The molecule has 0 aliphatic rings. The maximum atomic E-state index is 11.8. The van der Waals surface area contributed by atoms with Gasteiger partial charge < -0.3 is 25.0 Å². The van der Waals surface area contributed by atoms with Crippen LogP contribution >= 0.6 is 0 Å². The number of aliphatic hydroxyl groups is 2. The first-order valence-corrected chi connectivity index (χ1v) is 12.9. The van der Waals surface area contributed by atoms with Crippen molar-refractivity contribution < 1.29 is 34.1 Å². The van der Waals surface area contributed by atoms with Crippen LogP contribution in [-0.2, 0) is 23.9 Å². The third kappa shape index (κ3) is 21.9. The van der Waals surface area contributed by atoms with E-state index >= 15 is 0 Å². The SMILES string of the molecule is CCCCCCCCCCCCCCCC(=O)NCCOC(=O)CCC(=O)OC(CO)CO. The second kappa shape index (κ2) is 23.5. The Bertz CT molecular complexity index is 495. The minimum atomic E-state index is -0.973. The number of ether oxygens (including phenoxy) is 2. The Morgan fingerprint density at radius 3 is 1.70 bits per heavy atom.